The van der Waals surface area contributed by atoms with Crippen LogP contribution in [0.4, 0.5) is 10.8 Å². The van der Waals surface area contributed by atoms with Gasteiger partial charge in [0.1, 0.15) is 10.7 Å². The maximum Gasteiger partial charge on any atom is 0.286 e. The number of hydrogen-bond acceptors (Lipinski definition) is 8. The average molecular weight is 497 g/mol. The molecular weight excluding hydrogens is 476 g/mol. The van der Waals surface area contributed by atoms with Gasteiger partial charge in [-0.05, 0) is 49.2 Å². The molecule has 1 amide bonds. The van der Waals surface area contributed by atoms with Gasteiger partial charge in [0.05, 0.1) is 11.4 Å². The van der Waals surface area contributed by atoms with Crippen LogP contribution in [-0.2, 0) is 10.0 Å². The van der Waals surface area contributed by atoms with Crippen molar-refractivity contribution in [3.63, 3.8) is 0 Å². The normalized spacial score (nSPS) is 17.9. The molecule has 1 aromatic heterocycles. The van der Waals surface area contributed by atoms with Crippen LogP contribution in [-0.4, -0.2) is 38.5 Å². The van der Waals surface area contributed by atoms with Gasteiger partial charge in [-0.15, -0.1) is 15.7 Å². The Balaban J connectivity index is 1.25. The number of carbonyl (C=O) groups excluding carboxylic acids is 1. The van der Waals surface area contributed by atoms with E-state index in [4.69, 9.17) is 9.47 Å². The van der Waals surface area contributed by atoms with E-state index in [-0.39, 0.29) is 17.3 Å². The number of carbonyl (C=O) groups is 1. The maximum absolute atomic E-state index is 12.9. The van der Waals surface area contributed by atoms with Crippen molar-refractivity contribution in [2.45, 2.75) is 30.6 Å². The smallest absolute Gasteiger partial charge is 0.286 e. The van der Waals surface area contributed by atoms with E-state index in [0.29, 0.717) is 46.8 Å². The molecule has 2 aromatic carbocycles. The molecule has 3 aliphatic heterocycles. The molecule has 9 nitrogen and oxygen atoms in total. The van der Waals surface area contributed by atoms with Gasteiger partial charge in [-0.1, -0.05) is 6.42 Å². The van der Waals surface area contributed by atoms with E-state index in [2.05, 4.69) is 14.7 Å². The van der Waals surface area contributed by atoms with Crippen LogP contribution in [0, 0.1) is 0 Å². The number of nitrogens with one attached hydrogen (secondary N) is 1. The molecule has 0 unspecified atom stereocenters. The summed E-state index contributed by atoms with van der Waals surface area (Å²) in [6.07, 6.45) is 3.56. The zero-order valence-corrected chi connectivity index (χ0v) is 19.6. The number of sulfonamides is 1. The van der Waals surface area contributed by atoms with Gasteiger partial charge in [0.2, 0.25) is 6.79 Å². The first-order valence-corrected chi connectivity index (χ1v) is 13.2. The fourth-order valence-electron chi connectivity index (χ4n) is 4.31. The predicted molar refractivity (Wildman–Crippen MR) is 129 cm³/mol. The van der Waals surface area contributed by atoms with Gasteiger partial charge in [-0.25, -0.2) is 4.98 Å². The van der Waals surface area contributed by atoms with Crippen LogP contribution in [0.3, 0.4) is 0 Å². The molecule has 11 heteroatoms. The van der Waals surface area contributed by atoms with Gasteiger partial charge in [-0.3, -0.25) is 10.1 Å². The third-order valence-corrected chi connectivity index (χ3v) is 8.09. The van der Waals surface area contributed by atoms with Gasteiger partial charge < -0.3 is 14.4 Å². The van der Waals surface area contributed by atoms with Crippen molar-refractivity contribution in [1.29, 1.82) is 0 Å². The quantitative estimate of drug-likeness (QED) is 0.576. The summed E-state index contributed by atoms with van der Waals surface area (Å²) in [4.78, 5) is 19.4. The van der Waals surface area contributed by atoms with Crippen LogP contribution in [0.15, 0.2) is 51.1 Å². The van der Waals surface area contributed by atoms with Crippen molar-refractivity contribution < 1.29 is 22.7 Å². The summed E-state index contributed by atoms with van der Waals surface area (Å²) >= 11 is 1.28. The standard InChI is InChI=1S/C23H20N4O5S2/c28-22(25-23-24-16(12-33-23)14-6-8-18-19(10-14)32-13-31-18)15-5-7-17-20(11-15)34(29,30)26-21-4-2-1-3-9-27(17)21/h5-8,10-12H,1-4,9,13H2,(H,24,25,28). The van der Waals surface area contributed by atoms with Crippen molar-refractivity contribution in [2.24, 2.45) is 4.40 Å². The summed E-state index contributed by atoms with van der Waals surface area (Å²) in [5.74, 6) is 1.49. The summed E-state index contributed by atoms with van der Waals surface area (Å²) in [7, 11) is -3.86. The highest BCUT2D eigenvalue weighted by Crippen LogP contribution is 2.37. The zero-order chi connectivity index (χ0) is 23.3. The molecule has 4 heterocycles. The lowest BCUT2D eigenvalue weighted by molar-refractivity contribution is 0.102. The van der Waals surface area contributed by atoms with Gasteiger partial charge in [0.15, 0.2) is 16.6 Å². The zero-order valence-electron chi connectivity index (χ0n) is 18.0. The number of thiazole rings is 1. The lowest BCUT2D eigenvalue weighted by atomic mass is 10.1. The van der Waals surface area contributed by atoms with Crippen LogP contribution >= 0.6 is 11.3 Å². The van der Waals surface area contributed by atoms with E-state index in [1.165, 1.54) is 17.4 Å². The Morgan fingerprint density at radius 2 is 1.94 bits per heavy atom. The monoisotopic (exact) mass is 496 g/mol. The largest absolute Gasteiger partial charge is 0.454 e. The minimum atomic E-state index is -3.86. The highest BCUT2D eigenvalue weighted by molar-refractivity contribution is 7.90. The first kappa shape index (κ1) is 21.1. The summed E-state index contributed by atoms with van der Waals surface area (Å²) in [6.45, 7) is 0.909. The number of amides is 1. The van der Waals surface area contributed by atoms with Crippen molar-refractivity contribution in [3.8, 4) is 22.8 Å². The second-order valence-corrected chi connectivity index (χ2v) is 10.6. The Bertz CT molecular complexity index is 1450. The van der Waals surface area contributed by atoms with E-state index in [1.807, 2.05) is 28.5 Å². The number of fused-ring (bicyclic) bond motifs is 4. The van der Waals surface area contributed by atoms with Crippen molar-refractivity contribution in [3.05, 3.63) is 47.3 Å². The average Bonchev–Trinajstić information content (AvgIpc) is 3.43. The predicted octanol–water partition coefficient (Wildman–Crippen LogP) is 4.27. The molecule has 0 atom stereocenters. The molecule has 0 saturated carbocycles. The van der Waals surface area contributed by atoms with E-state index in [1.54, 1.807) is 12.1 Å². The molecule has 1 N–H and O–H groups in total. The second-order valence-electron chi connectivity index (χ2n) is 8.19. The highest BCUT2D eigenvalue weighted by atomic mass is 32.2. The maximum atomic E-state index is 12.9. The fraction of sp³-hybridized carbons (Fsp3) is 0.261. The van der Waals surface area contributed by atoms with E-state index in [9.17, 15) is 13.2 Å². The van der Waals surface area contributed by atoms with Crippen LogP contribution in [0.2, 0.25) is 0 Å². The Morgan fingerprint density at radius 3 is 2.85 bits per heavy atom. The second kappa shape index (κ2) is 8.10. The number of nitrogens with zero attached hydrogens (tertiary/aromatic N) is 3. The number of benzene rings is 2. The van der Waals surface area contributed by atoms with Crippen molar-refractivity contribution in [1.82, 2.24) is 4.98 Å². The van der Waals surface area contributed by atoms with Crippen molar-refractivity contribution >= 4 is 43.9 Å². The Morgan fingerprint density at radius 1 is 1.06 bits per heavy atom. The molecule has 3 aromatic rings. The van der Waals surface area contributed by atoms with Crippen LogP contribution in [0.25, 0.3) is 11.3 Å². The molecule has 3 aliphatic rings. The first-order valence-electron chi connectivity index (χ1n) is 10.9. The fourth-order valence-corrected chi connectivity index (χ4v) is 6.31. The molecule has 1 saturated heterocycles. The van der Waals surface area contributed by atoms with Gasteiger partial charge in [-0.2, -0.15) is 8.42 Å². The van der Waals surface area contributed by atoms with Gasteiger partial charge in [0.25, 0.3) is 15.9 Å². The number of amidine groups is 1. The topological polar surface area (TPSA) is 110 Å². The minimum absolute atomic E-state index is 0.0611. The molecule has 34 heavy (non-hydrogen) atoms. The molecule has 0 bridgehead atoms. The molecule has 0 radical (unpaired) electrons. The van der Waals surface area contributed by atoms with Crippen LogP contribution in [0.5, 0.6) is 11.5 Å². The number of rotatable bonds is 3. The molecule has 0 aliphatic carbocycles. The summed E-state index contributed by atoms with van der Waals surface area (Å²) in [6, 6.07) is 10.3. The van der Waals surface area contributed by atoms with E-state index < -0.39 is 15.9 Å². The number of aromatic nitrogens is 1. The molecule has 0 spiro atoms. The summed E-state index contributed by atoms with van der Waals surface area (Å²) < 4.78 is 40.5. The first-order chi connectivity index (χ1) is 16.5. The number of hydrogen-bond donors (Lipinski definition) is 1. The third-order valence-electron chi connectivity index (χ3n) is 6.00. The lowest BCUT2D eigenvalue weighted by Crippen LogP contribution is -2.35. The number of ether oxygens (including phenoxy) is 2. The Hall–Kier alpha value is -3.44. The Labute approximate surface area is 200 Å². The van der Waals surface area contributed by atoms with E-state index in [0.717, 1.165) is 24.8 Å². The van der Waals surface area contributed by atoms with Gasteiger partial charge >= 0.3 is 0 Å². The van der Waals surface area contributed by atoms with Gasteiger partial charge in [0, 0.05) is 29.5 Å². The van der Waals surface area contributed by atoms with Crippen molar-refractivity contribution in [2.75, 3.05) is 23.6 Å². The molecule has 1 fully saturated rings. The number of anilines is 2. The highest BCUT2D eigenvalue weighted by Gasteiger charge is 2.32. The SMILES string of the molecule is O=C(Nc1nc(-c2ccc3c(c2)OCO3)cs1)c1ccc2c(c1)S(=O)(=O)N=C1CCCCCN12. The Kier molecular flexibility index (Phi) is 5.03. The molecule has 6 rings (SSSR count). The molecular formula is C23H20N4O5S2. The summed E-state index contributed by atoms with van der Waals surface area (Å²) in [5.41, 5.74) is 2.35. The molecule has 174 valence electrons. The lowest BCUT2D eigenvalue weighted by Gasteiger charge is -2.29. The summed E-state index contributed by atoms with van der Waals surface area (Å²) in [5, 5.41) is 5.01. The van der Waals surface area contributed by atoms with E-state index >= 15 is 0 Å². The van der Waals surface area contributed by atoms with Crippen LogP contribution < -0.4 is 19.7 Å². The third kappa shape index (κ3) is 3.70. The minimum Gasteiger partial charge on any atom is -0.454 e. The van der Waals surface area contributed by atoms with Crippen LogP contribution in [0.1, 0.15) is 36.0 Å².